The first-order valence-electron chi connectivity index (χ1n) is 6.86. The van der Waals surface area contributed by atoms with E-state index in [1.807, 2.05) is 6.92 Å². The summed E-state index contributed by atoms with van der Waals surface area (Å²) in [6.07, 6.45) is 3.08. The van der Waals surface area contributed by atoms with E-state index in [0.29, 0.717) is 25.4 Å². The van der Waals surface area contributed by atoms with Gasteiger partial charge in [-0.15, -0.1) is 12.4 Å². The molecule has 1 amide bonds. The molecular formula is C12H24ClN3O3S. The largest absolute Gasteiger partial charge is 0.349 e. The van der Waals surface area contributed by atoms with Crippen LogP contribution in [-0.2, 0) is 14.8 Å². The first kappa shape index (κ1) is 17.7. The van der Waals surface area contributed by atoms with Gasteiger partial charge < -0.3 is 11.1 Å². The van der Waals surface area contributed by atoms with Crippen LogP contribution < -0.4 is 11.1 Å². The van der Waals surface area contributed by atoms with E-state index >= 15 is 0 Å². The van der Waals surface area contributed by atoms with Crippen LogP contribution >= 0.6 is 12.4 Å². The van der Waals surface area contributed by atoms with E-state index in [0.717, 1.165) is 12.8 Å². The van der Waals surface area contributed by atoms with Gasteiger partial charge in [0.05, 0.1) is 11.3 Å². The topological polar surface area (TPSA) is 92.5 Å². The average Bonchev–Trinajstić information content (AvgIpc) is 3.13. The van der Waals surface area contributed by atoms with Gasteiger partial charge in [0.25, 0.3) is 0 Å². The monoisotopic (exact) mass is 325 g/mol. The van der Waals surface area contributed by atoms with Crippen LogP contribution in [0.3, 0.4) is 0 Å². The molecule has 1 aliphatic carbocycles. The molecule has 0 radical (unpaired) electrons. The van der Waals surface area contributed by atoms with Crippen LogP contribution in [0.25, 0.3) is 0 Å². The summed E-state index contributed by atoms with van der Waals surface area (Å²) in [6.45, 7) is 3.20. The van der Waals surface area contributed by atoms with Crippen molar-refractivity contribution in [3.05, 3.63) is 0 Å². The third kappa shape index (κ3) is 4.07. The van der Waals surface area contributed by atoms with Crippen molar-refractivity contribution in [1.82, 2.24) is 9.62 Å². The number of sulfonamides is 1. The number of nitrogens with two attached hydrogens (primary N) is 1. The third-order valence-electron chi connectivity index (χ3n) is 4.12. The molecule has 0 aromatic rings. The van der Waals surface area contributed by atoms with E-state index in [1.54, 1.807) is 0 Å². The van der Waals surface area contributed by atoms with E-state index in [1.165, 1.54) is 4.31 Å². The fourth-order valence-electron chi connectivity index (χ4n) is 2.59. The lowest BCUT2D eigenvalue weighted by Crippen LogP contribution is -2.53. The number of hydrogen-bond acceptors (Lipinski definition) is 4. The standard InChI is InChI=1S/C12H23N3O3S.ClH/c1-12(9-13,10-3-4-10)14-11(16)5-7-15-6-2-8-19(15,17)18;/h10H,2-9,13H2,1H3,(H,14,16);1H. The van der Waals surface area contributed by atoms with Gasteiger partial charge in [-0.05, 0) is 32.1 Å². The number of rotatable bonds is 6. The first-order valence-corrected chi connectivity index (χ1v) is 8.47. The molecule has 6 nitrogen and oxygen atoms in total. The molecule has 0 aromatic carbocycles. The molecule has 2 rings (SSSR count). The summed E-state index contributed by atoms with van der Waals surface area (Å²) in [5.74, 6) is 0.566. The zero-order valence-corrected chi connectivity index (χ0v) is 13.4. The number of carbonyl (C=O) groups is 1. The Morgan fingerprint density at radius 1 is 1.45 bits per heavy atom. The van der Waals surface area contributed by atoms with Crippen LogP contribution in [0, 0.1) is 5.92 Å². The van der Waals surface area contributed by atoms with E-state index in [9.17, 15) is 13.2 Å². The Morgan fingerprint density at radius 3 is 2.55 bits per heavy atom. The van der Waals surface area contributed by atoms with Gasteiger partial charge >= 0.3 is 0 Å². The fraction of sp³-hybridized carbons (Fsp3) is 0.917. The second-order valence-electron chi connectivity index (χ2n) is 5.76. The van der Waals surface area contributed by atoms with E-state index in [2.05, 4.69) is 5.32 Å². The highest BCUT2D eigenvalue weighted by atomic mass is 35.5. The number of nitrogens with zero attached hydrogens (tertiary/aromatic N) is 1. The van der Waals surface area contributed by atoms with Crippen LogP contribution in [0.5, 0.6) is 0 Å². The lowest BCUT2D eigenvalue weighted by atomic mass is 9.96. The van der Waals surface area contributed by atoms with Crippen LogP contribution in [-0.4, -0.2) is 49.6 Å². The zero-order chi connectivity index (χ0) is 14.1. The minimum atomic E-state index is -3.11. The Balaban J connectivity index is 0.00000200. The van der Waals surface area contributed by atoms with Crippen molar-refractivity contribution in [3.63, 3.8) is 0 Å². The van der Waals surface area contributed by atoms with Gasteiger partial charge in [0.1, 0.15) is 0 Å². The molecule has 2 fully saturated rings. The summed E-state index contributed by atoms with van der Waals surface area (Å²) in [5, 5.41) is 2.97. The molecule has 8 heteroatoms. The van der Waals surface area contributed by atoms with Crippen molar-refractivity contribution in [2.24, 2.45) is 11.7 Å². The number of carbonyl (C=O) groups excluding carboxylic acids is 1. The predicted octanol–water partition coefficient (Wildman–Crippen LogP) is 0.0774. The van der Waals surface area contributed by atoms with Crippen LogP contribution in [0.15, 0.2) is 0 Å². The minimum Gasteiger partial charge on any atom is -0.349 e. The minimum absolute atomic E-state index is 0. The number of amides is 1. The Morgan fingerprint density at radius 2 is 2.10 bits per heavy atom. The summed E-state index contributed by atoms with van der Waals surface area (Å²) in [4.78, 5) is 11.9. The quantitative estimate of drug-likeness (QED) is 0.723. The van der Waals surface area contributed by atoms with Gasteiger partial charge in [-0.25, -0.2) is 12.7 Å². The molecule has 2 aliphatic rings. The van der Waals surface area contributed by atoms with Crippen LogP contribution in [0.2, 0.25) is 0 Å². The van der Waals surface area contributed by atoms with Gasteiger partial charge in [-0.2, -0.15) is 0 Å². The Bertz CT molecular complexity index is 453. The Hall–Kier alpha value is -0.370. The number of hydrogen-bond donors (Lipinski definition) is 2. The van der Waals surface area contributed by atoms with Crippen molar-refractivity contribution < 1.29 is 13.2 Å². The van der Waals surface area contributed by atoms with E-state index < -0.39 is 10.0 Å². The predicted molar refractivity (Wildman–Crippen MR) is 80.2 cm³/mol. The highest BCUT2D eigenvalue weighted by molar-refractivity contribution is 7.89. The van der Waals surface area contributed by atoms with Crippen molar-refractivity contribution in [2.45, 2.75) is 38.1 Å². The van der Waals surface area contributed by atoms with Crippen molar-refractivity contribution in [1.29, 1.82) is 0 Å². The number of nitrogens with one attached hydrogen (secondary N) is 1. The van der Waals surface area contributed by atoms with Crippen LogP contribution in [0.1, 0.15) is 32.6 Å². The highest BCUT2D eigenvalue weighted by Crippen LogP contribution is 2.38. The molecule has 0 bridgehead atoms. The van der Waals surface area contributed by atoms with Gasteiger partial charge in [-0.1, -0.05) is 0 Å². The maximum Gasteiger partial charge on any atom is 0.221 e. The molecule has 0 aromatic heterocycles. The van der Waals surface area contributed by atoms with Crippen LogP contribution in [0.4, 0.5) is 0 Å². The maximum absolute atomic E-state index is 11.9. The van der Waals surface area contributed by atoms with Gasteiger partial charge in [0, 0.05) is 26.1 Å². The maximum atomic E-state index is 11.9. The molecule has 1 saturated carbocycles. The first-order chi connectivity index (χ1) is 8.87. The molecule has 1 saturated heterocycles. The Kier molecular flexibility index (Phi) is 5.83. The molecule has 0 spiro atoms. The highest BCUT2D eigenvalue weighted by Gasteiger charge is 2.41. The lowest BCUT2D eigenvalue weighted by molar-refractivity contribution is -0.123. The average molecular weight is 326 g/mol. The number of halogens is 1. The summed E-state index contributed by atoms with van der Waals surface area (Å²) in [5.41, 5.74) is 5.40. The molecule has 1 unspecified atom stereocenters. The van der Waals surface area contributed by atoms with Gasteiger partial charge in [-0.3, -0.25) is 4.79 Å². The molecule has 1 atom stereocenters. The SMILES string of the molecule is CC(CN)(NC(=O)CCN1CCCS1(=O)=O)C1CC1.Cl. The summed E-state index contributed by atoms with van der Waals surface area (Å²) < 4.78 is 24.6. The third-order valence-corrected chi connectivity index (χ3v) is 6.08. The molecule has 1 aliphatic heterocycles. The molecular weight excluding hydrogens is 302 g/mol. The Labute approximate surface area is 126 Å². The summed E-state index contributed by atoms with van der Waals surface area (Å²) in [7, 11) is -3.11. The van der Waals surface area contributed by atoms with E-state index in [-0.39, 0.29) is 42.6 Å². The summed E-state index contributed by atoms with van der Waals surface area (Å²) >= 11 is 0. The molecule has 1 heterocycles. The molecule has 20 heavy (non-hydrogen) atoms. The van der Waals surface area contributed by atoms with Crippen molar-refractivity contribution >= 4 is 28.3 Å². The normalized spacial score (nSPS) is 24.7. The molecule has 118 valence electrons. The smallest absolute Gasteiger partial charge is 0.221 e. The van der Waals surface area contributed by atoms with Gasteiger partial charge in [0.2, 0.25) is 15.9 Å². The van der Waals surface area contributed by atoms with Crippen molar-refractivity contribution in [2.75, 3.05) is 25.4 Å². The molecule has 3 N–H and O–H groups in total. The van der Waals surface area contributed by atoms with E-state index in [4.69, 9.17) is 5.73 Å². The van der Waals surface area contributed by atoms with Gasteiger partial charge in [0.15, 0.2) is 0 Å². The second-order valence-corrected chi connectivity index (χ2v) is 7.85. The zero-order valence-electron chi connectivity index (χ0n) is 11.8. The second kappa shape index (κ2) is 6.60. The fourth-order valence-corrected chi connectivity index (χ4v) is 4.12. The van der Waals surface area contributed by atoms with Crippen molar-refractivity contribution in [3.8, 4) is 0 Å². The lowest BCUT2D eigenvalue weighted by Gasteiger charge is -2.29. The summed E-state index contributed by atoms with van der Waals surface area (Å²) in [6, 6.07) is 0.